The number of aromatic nitrogens is 4. The van der Waals surface area contributed by atoms with Crippen LogP contribution in [-0.2, 0) is 13.5 Å². The predicted molar refractivity (Wildman–Crippen MR) is 108 cm³/mol. The molecule has 0 fully saturated rings. The van der Waals surface area contributed by atoms with E-state index < -0.39 is 0 Å². The molecule has 0 aromatic carbocycles. The van der Waals surface area contributed by atoms with Crippen LogP contribution in [0.1, 0.15) is 36.7 Å². The van der Waals surface area contributed by atoms with Gasteiger partial charge in [-0.2, -0.15) is 10.1 Å². The van der Waals surface area contributed by atoms with Gasteiger partial charge in [-0.25, -0.2) is 4.98 Å². The number of aryl methyl sites for hydroxylation is 1. The van der Waals surface area contributed by atoms with Crippen LogP contribution in [0.5, 0.6) is 11.8 Å². The average Bonchev–Trinajstić information content (AvgIpc) is 3.22. The Morgan fingerprint density at radius 1 is 1.31 bits per heavy atom. The fourth-order valence-corrected chi connectivity index (χ4v) is 3.36. The minimum Gasteiger partial charge on any atom is -0.477 e. The number of carbonyl (C=O) groups is 1. The first-order chi connectivity index (χ1) is 13.9. The van der Waals surface area contributed by atoms with Crippen molar-refractivity contribution in [3.05, 3.63) is 47.7 Å². The molecule has 3 aromatic heterocycles. The summed E-state index contributed by atoms with van der Waals surface area (Å²) in [6.45, 7) is 6.22. The third kappa shape index (κ3) is 3.78. The van der Waals surface area contributed by atoms with Gasteiger partial charge < -0.3 is 14.8 Å². The molecule has 1 aliphatic rings. The SMILES string of the molecule is CCOc1nc2c(cc1C(=O)Nc1cccc(-c3ccnn3C)n1)CC(C)(C)O2. The van der Waals surface area contributed by atoms with Crippen molar-refractivity contribution in [2.24, 2.45) is 7.05 Å². The number of anilines is 1. The van der Waals surface area contributed by atoms with E-state index in [4.69, 9.17) is 9.47 Å². The van der Waals surface area contributed by atoms with Crippen LogP contribution in [0.2, 0.25) is 0 Å². The van der Waals surface area contributed by atoms with E-state index in [-0.39, 0.29) is 17.4 Å². The lowest BCUT2D eigenvalue weighted by atomic mass is 10.0. The maximum atomic E-state index is 13.0. The molecule has 0 saturated heterocycles. The van der Waals surface area contributed by atoms with Crippen LogP contribution in [0.4, 0.5) is 5.82 Å². The van der Waals surface area contributed by atoms with Crippen LogP contribution in [0, 0.1) is 0 Å². The molecule has 0 spiro atoms. The van der Waals surface area contributed by atoms with Gasteiger partial charge in [0.1, 0.15) is 17.0 Å². The molecule has 150 valence electrons. The first kappa shape index (κ1) is 18.9. The summed E-state index contributed by atoms with van der Waals surface area (Å²) in [5, 5.41) is 7.01. The van der Waals surface area contributed by atoms with Gasteiger partial charge in [-0.3, -0.25) is 9.48 Å². The van der Waals surface area contributed by atoms with E-state index in [1.165, 1.54) is 0 Å². The van der Waals surface area contributed by atoms with Crippen LogP contribution >= 0.6 is 0 Å². The van der Waals surface area contributed by atoms with Crippen molar-refractivity contribution in [3.8, 4) is 23.1 Å². The van der Waals surface area contributed by atoms with Crippen molar-refractivity contribution in [2.75, 3.05) is 11.9 Å². The highest BCUT2D eigenvalue weighted by atomic mass is 16.5. The Morgan fingerprint density at radius 3 is 2.86 bits per heavy atom. The molecule has 1 N–H and O–H groups in total. The van der Waals surface area contributed by atoms with Gasteiger partial charge in [-0.15, -0.1) is 0 Å². The molecular weight excluding hydrogens is 370 g/mol. The first-order valence-electron chi connectivity index (χ1n) is 9.49. The van der Waals surface area contributed by atoms with E-state index in [9.17, 15) is 4.79 Å². The second-order valence-electron chi connectivity index (χ2n) is 7.48. The van der Waals surface area contributed by atoms with E-state index in [1.54, 1.807) is 23.0 Å². The van der Waals surface area contributed by atoms with Crippen molar-refractivity contribution < 1.29 is 14.3 Å². The summed E-state index contributed by atoms with van der Waals surface area (Å²) in [6.07, 6.45) is 2.38. The largest absolute Gasteiger partial charge is 0.477 e. The molecular formula is C21H23N5O3. The fraction of sp³-hybridized carbons (Fsp3) is 0.333. The molecule has 0 saturated carbocycles. The van der Waals surface area contributed by atoms with Gasteiger partial charge in [0, 0.05) is 25.2 Å². The monoisotopic (exact) mass is 393 g/mol. The second-order valence-corrected chi connectivity index (χ2v) is 7.48. The van der Waals surface area contributed by atoms with Gasteiger partial charge in [-0.05, 0) is 45.0 Å². The molecule has 0 aliphatic carbocycles. The standard InChI is InChI=1S/C21H23N5O3/c1-5-28-20-14(11-13-12-21(2,3)29-19(13)25-20)18(27)24-17-8-6-7-15(23-17)16-9-10-22-26(16)4/h6-11H,5,12H2,1-4H3,(H,23,24,27). The van der Waals surface area contributed by atoms with E-state index in [0.717, 1.165) is 17.0 Å². The highest BCUT2D eigenvalue weighted by Crippen LogP contribution is 2.36. The number of nitrogens with one attached hydrogen (secondary N) is 1. The Balaban J connectivity index is 1.63. The lowest BCUT2D eigenvalue weighted by molar-refractivity contribution is 0.102. The molecule has 4 rings (SSSR count). The summed E-state index contributed by atoms with van der Waals surface area (Å²) in [7, 11) is 1.84. The zero-order valence-corrected chi connectivity index (χ0v) is 16.9. The number of fused-ring (bicyclic) bond motifs is 1. The highest BCUT2D eigenvalue weighted by Gasteiger charge is 2.33. The molecule has 0 radical (unpaired) electrons. The van der Waals surface area contributed by atoms with Gasteiger partial charge in [0.05, 0.1) is 18.0 Å². The molecule has 0 unspecified atom stereocenters. The van der Waals surface area contributed by atoms with Crippen molar-refractivity contribution in [2.45, 2.75) is 32.8 Å². The number of nitrogens with zero attached hydrogens (tertiary/aromatic N) is 4. The van der Waals surface area contributed by atoms with Crippen LogP contribution in [0.15, 0.2) is 36.5 Å². The van der Waals surface area contributed by atoms with Crippen molar-refractivity contribution in [3.63, 3.8) is 0 Å². The van der Waals surface area contributed by atoms with Gasteiger partial charge in [0.25, 0.3) is 5.91 Å². The Labute approximate surface area is 168 Å². The molecule has 0 bridgehead atoms. The Kier molecular flexibility index (Phi) is 4.70. The minimum absolute atomic E-state index is 0.254. The quantitative estimate of drug-likeness (QED) is 0.716. The molecule has 3 aromatic rings. The van der Waals surface area contributed by atoms with Crippen LogP contribution < -0.4 is 14.8 Å². The summed E-state index contributed by atoms with van der Waals surface area (Å²) in [4.78, 5) is 22.0. The molecule has 8 nitrogen and oxygen atoms in total. The Bertz CT molecular complexity index is 1070. The maximum Gasteiger partial charge on any atom is 0.262 e. The summed E-state index contributed by atoms with van der Waals surface area (Å²) in [5.41, 5.74) is 2.47. The number of ether oxygens (including phenoxy) is 2. The summed E-state index contributed by atoms with van der Waals surface area (Å²) in [6, 6.07) is 9.11. The molecule has 1 aliphatic heterocycles. The average molecular weight is 393 g/mol. The van der Waals surface area contributed by atoms with Gasteiger partial charge in [0.15, 0.2) is 0 Å². The normalized spacial score (nSPS) is 14.2. The lowest BCUT2D eigenvalue weighted by Gasteiger charge is -2.16. The number of amides is 1. The van der Waals surface area contributed by atoms with Crippen LogP contribution in [0.25, 0.3) is 11.4 Å². The third-order valence-corrected chi connectivity index (χ3v) is 4.62. The Hall–Kier alpha value is -3.42. The number of rotatable bonds is 5. The molecule has 0 atom stereocenters. The van der Waals surface area contributed by atoms with Crippen LogP contribution in [0.3, 0.4) is 0 Å². The smallest absolute Gasteiger partial charge is 0.262 e. The number of pyridine rings is 2. The first-order valence-corrected chi connectivity index (χ1v) is 9.49. The topological polar surface area (TPSA) is 91.2 Å². The summed E-state index contributed by atoms with van der Waals surface area (Å²) in [5.74, 6) is 0.881. The van der Waals surface area contributed by atoms with Crippen molar-refractivity contribution in [1.82, 2.24) is 19.7 Å². The maximum absolute atomic E-state index is 13.0. The third-order valence-electron chi connectivity index (χ3n) is 4.62. The number of carbonyl (C=O) groups excluding carboxylic acids is 1. The highest BCUT2D eigenvalue weighted by molar-refractivity contribution is 6.05. The zero-order chi connectivity index (χ0) is 20.6. The van der Waals surface area contributed by atoms with Crippen molar-refractivity contribution in [1.29, 1.82) is 0 Å². The zero-order valence-electron chi connectivity index (χ0n) is 16.9. The fourth-order valence-electron chi connectivity index (χ4n) is 3.36. The lowest BCUT2D eigenvalue weighted by Crippen LogP contribution is -2.24. The van der Waals surface area contributed by atoms with Crippen LogP contribution in [-0.4, -0.2) is 37.9 Å². The van der Waals surface area contributed by atoms with Crippen molar-refractivity contribution >= 4 is 11.7 Å². The van der Waals surface area contributed by atoms with E-state index in [2.05, 4.69) is 20.4 Å². The summed E-state index contributed by atoms with van der Waals surface area (Å²) < 4.78 is 13.2. The van der Waals surface area contributed by atoms with E-state index in [1.807, 2.05) is 46.0 Å². The van der Waals surface area contributed by atoms with E-state index in [0.29, 0.717) is 30.3 Å². The van der Waals surface area contributed by atoms with E-state index >= 15 is 0 Å². The number of hydrogen-bond acceptors (Lipinski definition) is 6. The predicted octanol–water partition coefficient (Wildman–Crippen LogP) is 3.24. The number of hydrogen-bond donors (Lipinski definition) is 1. The minimum atomic E-state index is -0.354. The molecule has 29 heavy (non-hydrogen) atoms. The molecule has 1 amide bonds. The molecule has 4 heterocycles. The van der Waals surface area contributed by atoms with Gasteiger partial charge in [0.2, 0.25) is 11.8 Å². The van der Waals surface area contributed by atoms with Gasteiger partial charge >= 0.3 is 0 Å². The molecule has 8 heteroatoms. The van der Waals surface area contributed by atoms with Gasteiger partial charge in [-0.1, -0.05) is 6.07 Å². The summed E-state index contributed by atoms with van der Waals surface area (Å²) >= 11 is 0. The Morgan fingerprint density at radius 2 is 2.14 bits per heavy atom. The second kappa shape index (κ2) is 7.20.